The van der Waals surface area contributed by atoms with Crippen molar-refractivity contribution in [2.75, 3.05) is 12.4 Å². The van der Waals surface area contributed by atoms with Crippen molar-refractivity contribution in [3.8, 4) is 6.07 Å². The minimum absolute atomic E-state index is 0.0583. The number of carbonyl (C=O) groups excluding carboxylic acids is 1. The van der Waals surface area contributed by atoms with Crippen LogP contribution in [-0.4, -0.2) is 26.7 Å². The Bertz CT molecular complexity index is 560. The summed E-state index contributed by atoms with van der Waals surface area (Å²) in [6.07, 6.45) is -0.346. The van der Waals surface area contributed by atoms with Gasteiger partial charge in [-0.05, 0) is 24.3 Å². The van der Waals surface area contributed by atoms with Crippen molar-refractivity contribution in [2.45, 2.75) is 11.3 Å². The van der Waals surface area contributed by atoms with Gasteiger partial charge in [0, 0.05) is 0 Å². The summed E-state index contributed by atoms with van der Waals surface area (Å²) in [4.78, 5) is 11.0. The fourth-order valence-corrected chi connectivity index (χ4v) is 2.38. The molecule has 0 aliphatic heterocycles. The number of rotatable bonds is 5. The first-order chi connectivity index (χ1) is 8.45. The van der Waals surface area contributed by atoms with Gasteiger partial charge in [0.2, 0.25) is 0 Å². The Morgan fingerprint density at radius 1 is 1.33 bits per heavy atom. The number of carbonyl (C=O) groups is 1. The molecule has 1 aromatic rings. The number of hydrogen-bond acceptors (Lipinski definition) is 5. The smallest absolute Gasteiger partial charge is 0.307 e. The molecule has 0 fully saturated rings. The average Bonchev–Trinajstić information content (AvgIpc) is 2.34. The first-order valence-corrected chi connectivity index (χ1v) is 6.62. The number of nitriles is 1. The number of halogens is 1. The van der Waals surface area contributed by atoms with Gasteiger partial charge in [0.15, 0.2) is 16.4 Å². The van der Waals surface area contributed by atoms with Crippen LogP contribution >= 0.6 is 0 Å². The van der Waals surface area contributed by atoms with Crippen LogP contribution in [0.1, 0.15) is 6.42 Å². The van der Waals surface area contributed by atoms with Crippen molar-refractivity contribution >= 4 is 15.8 Å². The molecular formula is C11H10FNO4S. The fourth-order valence-electron chi connectivity index (χ4n) is 1.16. The van der Waals surface area contributed by atoms with Gasteiger partial charge in [0.05, 0.1) is 17.1 Å². The van der Waals surface area contributed by atoms with Gasteiger partial charge in [-0.15, -0.1) is 0 Å². The maximum absolute atomic E-state index is 12.6. The van der Waals surface area contributed by atoms with E-state index in [2.05, 4.69) is 4.74 Å². The number of nitrogens with zero attached hydrogens (tertiary/aromatic N) is 1. The second-order valence-corrected chi connectivity index (χ2v) is 5.45. The lowest BCUT2D eigenvalue weighted by molar-refractivity contribution is -0.141. The molecule has 7 heteroatoms. The number of ether oxygens (including phenoxy) is 1. The van der Waals surface area contributed by atoms with Crippen molar-refractivity contribution in [1.29, 1.82) is 5.26 Å². The zero-order valence-electron chi connectivity index (χ0n) is 9.30. The van der Waals surface area contributed by atoms with E-state index >= 15 is 0 Å². The predicted molar refractivity (Wildman–Crippen MR) is 59.6 cm³/mol. The maximum Gasteiger partial charge on any atom is 0.307 e. The predicted octanol–water partition coefficient (Wildman–Crippen LogP) is 1.06. The second kappa shape index (κ2) is 6.12. The molecule has 0 atom stereocenters. The molecule has 0 bridgehead atoms. The van der Waals surface area contributed by atoms with E-state index in [1.54, 1.807) is 6.07 Å². The van der Waals surface area contributed by atoms with E-state index in [0.29, 0.717) is 0 Å². The molecule has 0 spiro atoms. The van der Waals surface area contributed by atoms with Gasteiger partial charge in [0.25, 0.3) is 0 Å². The van der Waals surface area contributed by atoms with Crippen LogP contribution < -0.4 is 0 Å². The van der Waals surface area contributed by atoms with Crippen LogP contribution in [0.4, 0.5) is 4.39 Å². The molecular weight excluding hydrogens is 261 g/mol. The van der Waals surface area contributed by atoms with Gasteiger partial charge < -0.3 is 4.74 Å². The highest BCUT2D eigenvalue weighted by molar-refractivity contribution is 7.91. The molecule has 5 nitrogen and oxygen atoms in total. The SMILES string of the molecule is N#CCOC(=O)CCS(=O)(=O)c1ccc(F)cc1. The third-order valence-corrected chi connectivity index (χ3v) is 3.78. The van der Waals surface area contributed by atoms with Crippen LogP contribution in [0.15, 0.2) is 29.2 Å². The molecule has 0 N–H and O–H groups in total. The fraction of sp³-hybridized carbons (Fsp3) is 0.273. The van der Waals surface area contributed by atoms with Crippen LogP contribution in [-0.2, 0) is 19.4 Å². The van der Waals surface area contributed by atoms with Gasteiger partial charge in [0.1, 0.15) is 11.9 Å². The molecule has 0 aliphatic carbocycles. The Kier molecular flexibility index (Phi) is 4.80. The largest absolute Gasteiger partial charge is 0.450 e. The molecule has 1 rings (SSSR count). The highest BCUT2D eigenvalue weighted by atomic mass is 32.2. The van der Waals surface area contributed by atoms with E-state index in [4.69, 9.17) is 5.26 Å². The number of esters is 1. The molecule has 0 amide bonds. The summed E-state index contributed by atoms with van der Waals surface area (Å²) < 4.78 is 40.5. The Morgan fingerprint density at radius 2 is 1.94 bits per heavy atom. The van der Waals surface area contributed by atoms with Crippen LogP contribution in [0.25, 0.3) is 0 Å². The lowest BCUT2D eigenvalue weighted by atomic mass is 10.4. The molecule has 0 saturated carbocycles. The molecule has 0 radical (unpaired) electrons. The van der Waals surface area contributed by atoms with Crippen LogP contribution in [0.2, 0.25) is 0 Å². The normalized spacial score (nSPS) is 10.7. The van der Waals surface area contributed by atoms with Crippen molar-refractivity contribution in [2.24, 2.45) is 0 Å². The van der Waals surface area contributed by atoms with E-state index < -0.39 is 34.0 Å². The Balaban J connectivity index is 2.63. The quantitative estimate of drug-likeness (QED) is 0.590. The molecule has 0 aromatic heterocycles. The zero-order chi connectivity index (χ0) is 13.6. The summed E-state index contributed by atoms with van der Waals surface area (Å²) in [5.41, 5.74) is 0. The van der Waals surface area contributed by atoms with Gasteiger partial charge >= 0.3 is 5.97 Å². The zero-order valence-corrected chi connectivity index (χ0v) is 10.1. The Labute approximate surface area is 104 Å². The minimum Gasteiger partial charge on any atom is -0.450 e. The molecule has 0 heterocycles. The molecule has 0 aliphatic rings. The van der Waals surface area contributed by atoms with Crippen molar-refractivity contribution in [1.82, 2.24) is 0 Å². The summed E-state index contributed by atoms with van der Waals surface area (Å²) >= 11 is 0. The summed E-state index contributed by atoms with van der Waals surface area (Å²) in [5.74, 6) is -1.74. The van der Waals surface area contributed by atoms with E-state index in [1.165, 1.54) is 0 Å². The molecule has 18 heavy (non-hydrogen) atoms. The molecule has 0 saturated heterocycles. The van der Waals surface area contributed by atoms with Crippen LogP contribution in [0, 0.1) is 17.1 Å². The van der Waals surface area contributed by atoms with E-state index in [-0.39, 0.29) is 11.3 Å². The first kappa shape index (κ1) is 14.1. The third kappa shape index (κ3) is 4.14. The summed E-state index contributed by atoms with van der Waals surface area (Å²) in [5, 5.41) is 8.17. The lowest BCUT2D eigenvalue weighted by Crippen LogP contribution is -2.13. The van der Waals surface area contributed by atoms with Gasteiger partial charge in [-0.25, -0.2) is 12.8 Å². The second-order valence-electron chi connectivity index (χ2n) is 3.34. The molecule has 1 aromatic carbocycles. The van der Waals surface area contributed by atoms with Crippen molar-refractivity contribution in [3.63, 3.8) is 0 Å². The average molecular weight is 271 g/mol. The van der Waals surface area contributed by atoms with E-state index in [1.807, 2.05) is 0 Å². The van der Waals surface area contributed by atoms with E-state index in [9.17, 15) is 17.6 Å². The number of benzene rings is 1. The number of hydrogen-bond donors (Lipinski definition) is 0. The maximum atomic E-state index is 12.6. The summed E-state index contributed by atoms with van der Waals surface area (Å²) in [7, 11) is -3.65. The van der Waals surface area contributed by atoms with Gasteiger partial charge in [-0.1, -0.05) is 0 Å². The summed E-state index contributed by atoms with van der Waals surface area (Å²) in [6, 6.07) is 5.92. The first-order valence-electron chi connectivity index (χ1n) is 4.96. The van der Waals surface area contributed by atoms with Crippen molar-refractivity contribution in [3.05, 3.63) is 30.1 Å². The van der Waals surface area contributed by atoms with Crippen LogP contribution in [0.5, 0.6) is 0 Å². The van der Waals surface area contributed by atoms with Gasteiger partial charge in [-0.2, -0.15) is 5.26 Å². The Hall–Kier alpha value is -1.94. The third-order valence-electron chi connectivity index (χ3n) is 2.05. The highest BCUT2D eigenvalue weighted by Gasteiger charge is 2.17. The van der Waals surface area contributed by atoms with E-state index in [0.717, 1.165) is 24.3 Å². The lowest BCUT2D eigenvalue weighted by Gasteiger charge is -2.03. The van der Waals surface area contributed by atoms with Crippen molar-refractivity contribution < 1.29 is 22.3 Å². The standard InChI is InChI=1S/C11H10FNO4S/c12-9-1-3-10(4-2-9)18(15,16)8-5-11(14)17-7-6-13/h1-4H,5,7-8H2. The van der Waals surface area contributed by atoms with Gasteiger partial charge in [-0.3, -0.25) is 4.79 Å². The Morgan fingerprint density at radius 3 is 2.50 bits per heavy atom. The topological polar surface area (TPSA) is 84.2 Å². The monoisotopic (exact) mass is 271 g/mol. The van der Waals surface area contributed by atoms with Crippen LogP contribution in [0.3, 0.4) is 0 Å². The minimum atomic E-state index is -3.65. The molecule has 96 valence electrons. The number of sulfone groups is 1. The summed E-state index contributed by atoms with van der Waals surface area (Å²) in [6.45, 7) is -0.407. The molecule has 0 unspecified atom stereocenters. The highest BCUT2D eigenvalue weighted by Crippen LogP contribution is 2.12.